The number of benzene rings is 3. The van der Waals surface area contributed by atoms with Crippen molar-refractivity contribution in [2.45, 2.75) is 6.61 Å². The molecule has 32 heavy (non-hydrogen) atoms. The number of anilines is 1. The number of halogens is 2. The summed E-state index contributed by atoms with van der Waals surface area (Å²) in [6.07, 6.45) is 1.41. The molecule has 0 bridgehead atoms. The van der Waals surface area contributed by atoms with Gasteiger partial charge < -0.3 is 4.74 Å². The topological polar surface area (TPSA) is 75.7 Å². The summed E-state index contributed by atoms with van der Waals surface area (Å²) in [6.45, 7) is 0.303. The Bertz CT molecular complexity index is 1260. The van der Waals surface area contributed by atoms with E-state index >= 15 is 0 Å². The van der Waals surface area contributed by atoms with E-state index in [0.29, 0.717) is 28.0 Å². The maximum absolute atomic E-state index is 13.0. The zero-order valence-electron chi connectivity index (χ0n) is 16.5. The van der Waals surface area contributed by atoms with E-state index in [1.165, 1.54) is 12.1 Å². The molecule has 4 amide bonds. The largest absolute Gasteiger partial charge is 0.489 e. The number of imide groups is 2. The molecule has 0 unspecified atom stereocenters. The van der Waals surface area contributed by atoms with Crippen LogP contribution >= 0.6 is 23.2 Å². The van der Waals surface area contributed by atoms with Crippen LogP contribution in [0.25, 0.3) is 6.08 Å². The number of amides is 4. The molecule has 0 radical (unpaired) electrons. The highest BCUT2D eigenvalue weighted by atomic mass is 35.5. The van der Waals surface area contributed by atoms with Crippen LogP contribution in [0.15, 0.2) is 78.4 Å². The molecule has 0 aromatic heterocycles. The molecular formula is C24H16Cl2N2O4. The van der Waals surface area contributed by atoms with E-state index in [2.05, 4.69) is 5.32 Å². The fourth-order valence-corrected chi connectivity index (χ4v) is 3.56. The van der Waals surface area contributed by atoms with E-state index < -0.39 is 17.8 Å². The Kier molecular flexibility index (Phi) is 6.25. The number of rotatable bonds is 5. The average molecular weight is 467 g/mol. The standard InChI is InChI=1S/C24H16Cl2N2O4/c25-17-6-1-5-16(10-17)14-32-20-9-2-4-15(11-20)12-21-22(29)27-24(31)28(23(21)30)19-8-3-7-18(26)13-19/h1-13H,14H2,(H,27,29,31)/b21-12-. The van der Waals surface area contributed by atoms with Gasteiger partial charge in [-0.3, -0.25) is 14.9 Å². The minimum Gasteiger partial charge on any atom is -0.489 e. The number of urea groups is 1. The van der Waals surface area contributed by atoms with Crippen molar-refractivity contribution in [2.75, 3.05) is 4.90 Å². The van der Waals surface area contributed by atoms with Crippen molar-refractivity contribution >= 4 is 52.8 Å². The fraction of sp³-hybridized carbons (Fsp3) is 0.0417. The van der Waals surface area contributed by atoms with Gasteiger partial charge >= 0.3 is 6.03 Å². The molecule has 160 valence electrons. The number of hydrogen-bond acceptors (Lipinski definition) is 4. The van der Waals surface area contributed by atoms with E-state index in [1.54, 1.807) is 54.6 Å². The Morgan fingerprint density at radius 3 is 2.34 bits per heavy atom. The van der Waals surface area contributed by atoms with Crippen LogP contribution in [-0.2, 0) is 16.2 Å². The van der Waals surface area contributed by atoms with Gasteiger partial charge in [0.1, 0.15) is 17.9 Å². The third-order valence-corrected chi connectivity index (χ3v) is 5.10. The lowest BCUT2D eigenvalue weighted by Gasteiger charge is -2.26. The lowest BCUT2D eigenvalue weighted by molar-refractivity contribution is -0.122. The molecule has 3 aromatic carbocycles. The predicted octanol–water partition coefficient (Wildman–Crippen LogP) is 5.24. The van der Waals surface area contributed by atoms with Crippen LogP contribution in [-0.4, -0.2) is 17.8 Å². The zero-order chi connectivity index (χ0) is 22.7. The first-order chi connectivity index (χ1) is 15.4. The maximum Gasteiger partial charge on any atom is 0.335 e. The van der Waals surface area contributed by atoms with Gasteiger partial charge in [-0.2, -0.15) is 0 Å². The Labute approximate surface area is 194 Å². The molecule has 4 rings (SSSR count). The van der Waals surface area contributed by atoms with Crippen molar-refractivity contribution in [2.24, 2.45) is 0 Å². The molecule has 0 aliphatic carbocycles. The summed E-state index contributed by atoms with van der Waals surface area (Å²) in [6, 6.07) is 19.6. The van der Waals surface area contributed by atoms with E-state index in [1.807, 2.05) is 12.1 Å². The highest BCUT2D eigenvalue weighted by Gasteiger charge is 2.36. The molecule has 1 aliphatic heterocycles. The number of ether oxygens (including phenoxy) is 1. The van der Waals surface area contributed by atoms with Crippen LogP contribution in [0.1, 0.15) is 11.1 Å². The molecule has 1 N–H and O–H groups in total. The number of nitrogens with one attached hydrogen (secondary N) is 1. The van der Waals surface area contributed by atoms with Crippen molar-refractivity contribution in [1.29, 1.82) is 0 Å². The quantitative estimate of drug-likeness (QED) is 0.412. The van der Waals surface area contributed by atoms with Crippen LogP contribution in [0.5, 0.6) is 5.75 Å². The van der Waals surface area contributed by atoms with Gasteiger partial charge in [0.25, 0.3) is 11.8 Å². The summed E-state index contributed by atoms with van der Waals surface area (Å²) in [4.78, 5) is 38.5. The monoisotopic (exact) mass is 466 g/mol. The van der Waals surface area contributed by atoms with Crippen molar-refractivity contribution in [3.63, 3.8) is 0 Å². The first kappa shape index (κ1) is 21.6. The molecule has 6 nitrogen and oxygen atoms in total. The number of carbonyl (C=O) groups excluding carboxylic acids is 3. The molecule has 1 fully saturated rings. The summed E-state index contributed by atoms with van der Waals surface area (Å²) < 4.78 is 5.80. The Morgan fingerprint density at radius 1 is 0.875 bits per heavy atom. The van der Waals surface area contributed by atoms with Gasteiger partial charge in [-0.05, 0) is 59.7 Å². The van der Waals surface area contributed by atoms with Crippen LogP contribution in [0.4, 0.5) is 10.5 Å². The van der Waals surface area contributed by atoms with Crippen molar-refractivity contribution in [1.82, 2.24) is 5.32 Å². The number of nitrogens with zero attached hydrogens (tertiary/aromatic N) is 1. The minimum absolute atomic E-state index is 0.184. The van der Waals surface area contributed by atoms with E-state index in [-0.39, 0.29) is 11.3 Å². The SMILES string of the molecule is O=C1NC(=O)N(c2cccc(Cl)c2)C(=O)/C1=C\c1cccc(OCc2cccc(Cl)c2)c1. The zero-order valence-corrected chi connectivity index (χ0v) is 18.1. The van der Waals surface area contributed by atoms with E-state index in [9.17, 15) is 14.4 Å². The summed E-state index contributed by atoms with van der Waals surface area (Å²) in [7, 11) is 0. The van der Waals surface area contributed by atoms with Crippen molar-refractivity contribution in [3.8, 4) is 5.75 Å². The number of hydrogen-bond donors (Lipinski definition) is 1. The maximum atomic E-state index is 13.0. The van der Waals surface area contributed by atoms with E-state index in [0.717, 1.165) is 10.5 Å². The molecule has 1 aliphatic rings. The molecular weight excluding hydrogens is 451 g/mol. The highest BCUT2D eigenvalue weighted by molar-refractivity contribution is 6.39. The van der Waals surface area contributed by atoms with Gasteiger partial charge in [0.2, 0.25) is 0 Å². The molecule has 8 heteroatoms. The second kappa shape index (κ2) is 9.26. The van der Waals surface area contributed by atoms with Gasteiger partial charge in [0, 0.05) is 10.0 Å². The molecule has 0 spiro atoms. The summed E-state index contributed by atoms with van der Waals surface area (Å²) in [5.41, 5.74) is 1.54. The van der Waals surface area contributed by atoms with Crippen LogP contribution in [0, 0.1) is 0 Å². The minimum atomic E-state index is -0.835. The van der Waals surface area contributed by atoms with Gasteiger partial charge in [0.15, 0.2) is 0 Å². The van der Waals surface area contributed by atoms with Crippen LogP contribution in [0.3, 0.4) is 0 Å². The fourth-order valence-electron chi connectivity index (χ4n) is 3.16. The number of carbonyl (C=O) groups is 3. The Morgan fingerprint density at radius 2 is 1.59 bits per heavy atom. The van der Waals surface area contributed by atoms with Crippen molar-refractivity contribution in [3.05, 3.63) is 99.5 Å². The second-order valence-electron chi connectivity index (χ2n) is 6.93. The first-order valence-corrected chi connectivity index (χ1v) is 10.3. The molecule has 3 aromatic rings. The third-order valence-electron chi connectivity index (χ3n) is 4.63. The summed E-state index contributed by atoms with van der Waals surface area (Å²) in [5, 5.41) is 3.16. The number of barbiturate groups is 1. The normalized spacial score (nSPS) is 15.1. The molecule has 1 saturated heterocycles. The Balaban J connectivity index is 1.58. The second-order valence-corrected chi connectivity index (χ2v) is 7.80. The van der Waals surface area contributed by atoms with Gasteiger partial charge in [-0.25, -0.2) is 9.69 Å². The predicted molar refractivity (Wildman–Crippen MR) is 123 cm³/mol. The summed E-state index contributed by atoms with van der Waals surface area (Å²) >= 11 is 12.0. The molecule has 0 saturated carbocycles. The van der Waals surface area contributed by atoms with Gasteiger partial charge in [0.05, 0.1) is 5.69 Å². The third kappa shape index (κ3) is 4.82. The van der Waals surface area contributed by atoms with Gasteiger partial charge in [-0.1, -0.05) is 53.5 Å². The average Bonchev–Trinajstić information content (AvgIpc) is 2.76. The summed E-state index contributed by atoms with van der Waals surface area (Å²) in [5.74, 6) is -0.972. The van der Waals surface area contributed by atoms with E-state index in [4.69, 9.17) is 27.9 Å². The smallest absolute Gasteiger partial charge is 0.335 e. The van der Waals surface area contributed by atoms with Crippen molar-refractivity contribution < 1.29 is 19.1 Å². The highest BCUT2D eigenvalue weighted by Crippen LogP contribution is 2.25. The van der Waals surface area contributed by atoms with Gasteiger partial charge in [-0.15, -0.1) is 0 Å². The lowest BCUT2D eigenvalue weighted by atomic mass is 10.1. The van der Waals surface area contributed by atoms with Crippen LogP contribution < -0.4 is 15.0 Å². The lowest BCUT2D eigenvalue weighted by Crippen LogP contribution is -2.54. The first-order valence-electron chi connectivity index (χ1n) is 9.55. The molecule has 0 atom stereocenters. The Hall–Kier alpha value is -3.61. The molecule has 1 heterocycles. The van der Waals surface area contributed by atoms with Crippen LogP contribution in [0.2, 0.25) is 10.0 Å².